The second kappa shape index (κ2) is 7.90. The zero-order valence-electron chi connectivity index (χ0n) is 16.1. The molecule has 1 heterocycles. The van der Waals surface area contributed by atoms with Crippen LogP contribution in [0.5, 0.6) is 5.75 Å². The molecule has 2 aromatic rings. The highest BCUT2D eigenvalue weighted by atomic mass is 19.1. The van der Waals surface area contributed by atoms with Crippen LogP contribution in [-0.2, 0) is 31.1 Å². The number of anilines is 1. The third-order valence-corrected chi connectivity index (χ3v) is 4.99. The number of carbonyl (C=O) groups is 3. The molecule has 1 amide bonds. The first-order valence-corrected chi connectivity index (χ1v) is 8.93. The van der Waals surface area contributed by atoms with Gasteiger partial charge in [0.1, 0.15) is 11.6 Å². The van der Waals surface area contributed by atoms with Crippen molar-refractivity contribution in [2.45, 2.75) is 18.9 Å². The van der Waals surface area contributed by atoms with E-state index in [4.69, 9.17) is 10.5 Å². The van der Waals surface area contributed by atoms with Crippen molar-refractivity contribution in [3.63, 3.8) is 0 Å². The smallest absolute Gasteiger partial charge is 0.343 e. The molecule has 0 aromatic heterocycles. The first-order chi connectivity index (χ1) is 13.8. The Bertz CT molecular complexity index is 960. The quantitative estimate of drug-likeness (QED) is 0.561. The fraction of sp³-hybridized carbons (Fsp3) is 0.286. The number of primary amides is 1. The van der Waals surface area contributed by atoms with Gasteiger partial charge in [0.15, 0.2) is 6.61 Å². The van der Waals surface area contributed by atoms with Crippen LogP contribution in [0.3, 0.4) is 0 Å². The highest BCUT2D eigenvalue weighted by molar-refractivity contribution is 6.39. The number of ether oxygens (including phenoxy) is 2. The number of amides is 1. The Morgan fingerprint density at radius 1 is 1.17 bits per heavy atom. The van der Waals surface area contributed by atoms with E-state index in [0.29, 0.717) is 23.5 Å². The summed E-state index contributed by atoms with van der Waals surface area (Å²) in [6.07, 6.45) is 0. The molecule has 0 spiro atoms. The maximum Gasteiger partial charge on any atom is 0.343 e. The summed E-state index contributed by atoms with van der Waals surface area (Å²) in [5.41, 5.74) is 6.03. The van der Waals surface area contributed by atoms with Crippen LogP contribution in [0.15, 0.2) is 42.5 Å². The molecule has 1 aliphatic rings. The number of nitrogens with two attached hydrogens (primary N) is 1. The number of fused-ring (bicyclic) bond motifs is 1. The van der Waals surface area contributed by atoms with Crippen molar-refractivity contribution in [3.8, 4) is 5.75 Å². The molecule has 2 aromatic carbocycles. The molecule has 0 fully saturated rings. The summed E-state index contributed by atoms with van der Waals surface area (Å²) in [4.78, 5) is 37.8. The zero-order chi connectivity index (χ0) is 21.2. The first-order valence-electron chi connectivity index (χ1n) is 8.93. The summed E-state index contributed by atoms with van der Waals surface area (Å²) in [6.45, 7) is 1.84. The average Bonchev–Trinajstić information content (AvgIpc) is 3.00. The van der Waals surface area contributed by atoms with Crippen LogP contribution in [-0.4, -0.2) is 37.9 Å². The average molecular weight is 400 g/mol. The molecule has 1 atom stereocenters. The van der Waals surface area contributed by atoms with Gasteiger partial charge in [0.2, 0.25) is 5.78 Å². The standard InChI is InChI=1S/C21H21FN2O5/c1-21(19(26)20(23)27)12-24(10-13-6-8-14(22)9-7-13)15-4-3-5-16(18(15)21)29-11-17(25)28-2/h3-9H,10-12H2,1-2H3,(H2,23,27). The lowest BCUT2D eigenvalue weighted by molar-refractivity contribution is -0.143. The van der Waals surface area contributed by atoms with Crippen molar-refractivity contribution in [3.05, 3.63) is 59.4 Å². The van der Waals surface area contributed by atoms with Gasteiger partial charge < -0.3 is 20.1 Å². The third-order valence-electron chi connectivity index (χ3n) is 4.99. The van der Waals surface area contributed by atoms with Gasteiger partial charge in [-0.3, -0.25) is 9.59 Å². The summed E-state index contributed by atoms with van der Waals surface area (Å²) in [6, 6.07) is 11.2. The molecular weight excluding hydrogens is 379 g/mol. The van der Waals surface area contributed by atoms with Gasteiger partial charge in [0, 0.05) is 24.3 Å². The summed E-state index contributed by atoms with van der Waals surface area (Å²) in [7, 11) is 1.24. The molecule has 3 rings (SSSR count). The van der Waals surface area contributed by atoms with Gasteiger partial charge in [-0.1, -0.05) is 18.2 Å². The summed E-state index contributed by atoms with van der Waals surface area (Å²) in [5.74, 6) is -2.43. The summed E-state index contributed by atoms with van der Waals surface area (Å²) in [5, 5.41) is 0. The van der Waals surface area contributed by atoms with Crippen molar-refractivity contribution in [2.75, 3.05) is 25.2 Å². The number of halogens is 1. The number of carbonyl (C=O) groups excluding carboxylic acids is 3. The van der Waals surface area contributed by atoms with Crippen LogP contribution in [0.25, 0.3) is 0 Å². The summed E-state index contributed by atoms with van der Waals surface area (Å²) < 4.78 is 23.4. The maximum atomic E-state index is 13.2. The monoisotopic (exact) mass is 400 g/mol. The normalized spacial score (nSPS) is 17.6. The van der Waals surface area contributed by atoms with Crippen molar-refractivity contribution >= 4 is 23.3 Å². The minimum Gasteiger partial charge on any atom is -0.482 e. The van der Waals surface area contributed by atoms with E-state index >= 15 is 0 Å². The highest BCUT2D eigenvalue weighted by Crippen LogP contribution is 2.47. The number of methoxy groups -OCH3 is 1. The minimum absolute atomic E-state index is 0.181. The highest BCUT2D eigenvalue weighted by Gasteiger charge is 2.48. The van der Waals surface area contributed by atoms with Crippen LogP contribution in [0.4, 0.5) is 10.1 Å². The van der Waals surface area contributed by atoms with E-state index in [1.807, 2.05) is 4.90 Å². The topological polar surface area (TPSA) is 98.9 Å². The van der Waals surface area contributed by atoms with Gasteiger partial charge in [-0.05, 0) is 36.8 Å². The molecule has 8 heteroatoms. The fourth-order valence-corrected chi connectivity index (χ4v) is 3.61. The number of ketones is 1. The van der Waals surface area contributed by atoms with E-state index in [0.717, 1.165) is 5.56 Å². The van der Waals surface area contributed by atoms with E-state index in [1.54, 1.807) is 37.3 Å². The first kappa shape index (κ1) is 20.3. The molecule has 29 heavy (non-hydrogen) atoms. The van der Waals surface area contributed by atoms with E-state index in [2.05, 4.69) is 4.74 Å². The third kappa shape index (κ3) is 3.91. The largest absolute Gasteiger partial charge is 0.482 e. The maximum absolute atomic E-state index is 13.2. The van der Waals surface area contributed by atoms with Crippen molar-refractivity contribution in [2.24, 2.45) is 5.73 Å². The zero-order valence-corrected chi connectivity index (χ0v) is 16.1. The molecule has 0 saturated carbocycles. The lowest BCUT2D eigenvalue weighted by Gasteiger charge is -2.24. The second-order valence-electron chi connectivity index (χ2n) is 7.02. The molecule has 0 radical (unpaired) electrons. The van der Waals surface area contributed by atoms with Crippen LogP contribution in [0.1, 0.15) is 18.1 Å². The molecule has 2 N–H and O–H groups in total. The van der Waals surface area contributed by atoms with Crippen LogP contribution >= 0.6 is 0 Å². The van der Waals surface area contributed by atoms with Crippen molar-refractivity contribution < 1.29 is 28.2 Å². The van der Waals surface area contributed by atoms with Crippen LogP contribution < -0.4 is 15.4 Å². The Morgan fingerprint density at radius 3 is 2.48 bits per heavy atom. The van der Waals surface area contributed by atoms with Crippen molar-refractivity contribution in [1.29, 1.82) is 0 Å². The summed E-state index contributed by atoms with van der Waals surface area (Å²) >= 11 is 0. The van der Waals surface area contributed by atoms with Gasteiger partial charge in [0.25, 0.3) is 5.91 Å². The Morgan fingerprint density at radius 2 is 1.86 bits per heavy atom. The predicted molar refractivity (Wildman–Crippen MR) is 103 cm³/mol. The number of rotatable bonds is 7. The number of esters is 1. The molecule has 0 saturated heterocycles. The second-order valence-corrected chi connectivity index (χ2v) is 7.02. The fourth-order valence-electron chi connectivity index (χ4n) is 3.61. The van der Waals surface area contributed by atoms with Gasteiger partial charge >= 0.3 is 5.97 Å². The molecule has 0 bridgehead atoms. The van der Waals surface area contributed by atoms with Crippen LogP contribution in [0.2, 0.25) is 0 Å². The predicted octanol–water partition coefficient (Wildman–Crippen LogP) is 1.71. The number of hydrogen-bond donors (Lipinski definition) is 1. The molecule has 152 valence electrons. The van der Waals surface area contributed by atoms with Crippen molar-refractivity contribution in [1.82, 2.24) is 0 Å². The molecule has 7 nitrogen and oxygen atoms in total. The molecule has 1 unspecified atom stereocenters. The number of Topliss-reactive ketones (excluding diaryl/α,β-unsaturated/α-hetero) is 1. The number of hydrogen-bond acceptors (Lipinski definition) is 6. The number of nitrogens with zero attached hydrogens (tertiary/aromatic N) is 1. The van der Waals surface area contributed by atoms with Gasteiger partial charge in [0.05, 0.1) is 12.5 Å². The van der Waals surface area contributed by atoms with Gasteiger partial charge in [-0.25, -0.2) is 9.18 Å². The molecular formula is C21H21FN2O5. The van der Waals surface area contributed by atoms with E-state index < -0.39 is 23.1 Å². The number of benzene rings is 2. The van der Waals surface area contributed by atoms with E-state index in [9.17, 15) is 18.8 Å². The van der Waals surface area contributed by atoms with E-state index in [-0.39, 0.29) is 19.0 Å². The molecule has 0 aliphatic carbocycles. The lowest BCUT2D eigenvalue weighted by atomic mass is 9.79. The minimum atomic E-state index is -1.26. The Balaban J connectivity index is 2.02. The van der Waals surface area contributed by atoms with Crippen LogP contribution in [0, 0.1) is 5.82 Å². The van der Waals surface area contributed by atoms with Gasteiger partial charge in [-0.2, -0.15) is 0 Å². The van der Waals surface area contributed by atoms with E-state index in [1.165, 1.54) is 19.2 Å². The molecule has 1 aliphatic heterocycles. The Labute approximate surface area is 167 Å². The van der Waals surface area contributed by atoms with Gasteiger partial charge in [-0.15, -0.1) is 0 Å². The lowest BCUT2D eigenvalue weighted by Crippen LogP contribution is -2.44. The Hall–Kier alpha value is -3.42. The SMILES string of the molecule is COC(=O)COc1cccc2c1C(C)(C(=O)C(N)=O)CN2Cc1ccc(F)cc1. The Kier molecular flexibility index (Phi) is 5.54.